The summed E-state index contributed by atoms with van der Waals surface area (Å²) < 4.78 is 4.96. The van der Waals surface area contributed by atoms with E-state index < -0.39 is 5.97 Å². The van der Waals surface area contributed by atoms with Crippen LogP contribution in [0, 0.1) is 6.92 Å². The van der Waals surface area contributed by atoms with Crippen molar-refractivity contribution >= 4 is 39.9 Å². The molecule has 2 aromatic carbocycles. The smallest absolute Gasteiger partial charge is 0.308 e. The zero-order chi connectivity index (χ0) is 22.0. The molecule has 0 radical (unpaired) electrons. The van der Waals surface area contributed by atoms with Crippen molar-refractivity contribution in [3.63, 3.8) is 0 Å². The quantitative estimate of drug-likeness (QED) is 0.485. The summed E-state index contributed by atoms with van der Waals surface area (Å²) in [4.78, 5) is 37.7. The fourth-order valence-corrected chi connectivity index (χ4v) is 4.14. The molecule has 4 rings (SSSR count). The Bertz CT molecular complexity index is 1130. The maximum Gasteiger partial charge on any atom is 0.308 e. The minimum absolute atomic E-state index is 0.0440. The van der Waals surface area contributed by atoms with E-state index in [9.17, 15) is 14.4 Å². The number of rotatable bonds is 5. The van der Waals surface area contributed by atoms with Crippen molar-refractivity contribution in [1.29, 1.82) is 0 Å². The van der Waals surface area contributed by atoms with Crippen molar-refractivity contribution in [2.75, 3.05) is 16.8 Å². The van der Waals surface area contributed by atoms with E-state index in [4.69, 9.17) is 4.74 Å². The Morgan fingerprint density at radius 1 is 1.10 bits per heavy atom. The predicted molar refractivity (Wildman–Crippen MR) is 117 cm³/mol. The van der Waals surface area contributed by atoms with Gasteiger partial charge in [-0.1, -0.05) is 29.0 Å². The van der Waals surface area contributed by atoms with Crippen LogP contribution in [0.2, 0.25) is 0 Å². The topological polar surface area (TPSA) is 101 Å². The molecule has 0 aliphatic carbocycles. The molecular formula is C22H20N4O4S. The van der Waals surface area contributed by atoms with Gasteiger partial charge >= 0.3 is 5.97 Å². The molecule has 1 fully saturated rings. The molecule has 3 aromatic rings. The summed E-state index contributed by atoms with van der Waals surface area (Å²) >= 11 is 1.26. The molecule has 31 heavy (non-hydrogen) atoms. The second kappa shape index (κ2) is 8.65. The molecule has 1 N–H and O–H groups in total. The summed E-state index contributed by atoms with van der Waals surface area (Å²) in [6, 6.07) is 14.1. The van der Waals surface area contributed by atoms with Crippen molar-refractivity contribution in [2.24, 2.45) is 0 Å². The molecule has 1 aromatic heterocycles. The lowest BCUT2D eigenvalue weighted by Crippen LogP contribution is -2.24. The highest BCUT2D eigenvalue weighted by Crippen LogP contribution is 2.34. The van der Waals surface area contributed by atoms with Crippen LogP contribution in [-0.4, -0.2) is 34.5 Å². The number of anilines is 2. The van der Waals surface area contributed by atoms with Crippen LogP contribution in [-0.2, 0) is 9.59 Å². The van der Waals surface area contributed by atoms with Crippen molar-refractivity contribution in [3.05, 3.63) is 64.7 Å². The molecule has 1 saturated heterocycles. The van der Waals surface area contributed by atoms with Gasteiger partial charge in [-0.15, -0.1) is 10.2 Å². The van der Waals surface area contributed by atoms with E-state index in [2.05, 4.69) is 15.5 Å². The molecule has 2 heterocycles. The number of amides is 2. The number of benzene rings is 2. The Balaban J connectivity index is 1.40. The number of ether oxygens (including phenoxy) is 1. The van der Waals surface area contributed by atoms with Crippen LogP contribution < -0.4 is 15.0 Å². The summed E-state index contributed by atoms with van der Waals surface area (Å²) in [5.74, 6) is -0.431. The molecule has 158 valence electrons. The molecule has 1 atom stereocenters. The Labute approximate surface area is 182 Å². The first-order chi connectivity index (χ1) is 14.9. The van der Waals surface area contributed by atoms with Gasteiger partial charge in [-0.05, 0) is 43.3 Å². The first-order valence-electron chi connectivity index (χ1n) is 9.69. The summed E-state index contributed by atoms with van der Waals surface area (Å²) in [7, 11) is 0. The van der Waals surface area contributed by atoms with Gasteiger partial charge in [0.15, 0.2) is 0 Å². The van der Waals surface area contributed by atoms with Crippen molar-refractivity contribution in [1.82, 2.24) is 10.2 Å². The number of hydrogen-bond acceptors (Lipinski definition) is 7. The third kappa shape index (κ3) is 4.77. The van der Waals surface area contributed by atoms with E-state index in [1.165, 1.54) is 18.3 Å². The first kappa shape index (κ1) is 20.7. The first-order valence-corrected chi connectivity index (χ1v) is 10.5. The lowest BCUT2D eigenvalue weighted by Gasteiger charge is -2.16. The number of nitrogens with zero attached hydrogens (tertiary/aromatic N) is 3. The SMILES string of the molecule is CC(=O)Oc1ccc(C(=O)Nc2nnc([C@H]3CC(=O)N(c4ccc(C)cc4)C3)s2)cc1. The van der Waals surface area contributed by atoms with E-state index in [1.54, 1.807) is 29.2 Å². The lowest BCUT2D eigenvalue weighted by atomic mass is 10.1. The monoisotopic (exact) mass is 436 g/mol. The van der Waals surface area contributed by atoms with Crippen LogP contribution in [0.4, 0.5) is 10.8 Å². The summed E-state index contributed by atoms with van der Waals surface area (Å²) in [6.07, 6.45) is 0.355. The van der Waals surface area contributed by atoms with Crippen LogP contribution in [0.1, 0.15) is 40.2 Å². The maximum absolute atomic E-state index is 12.5. The number of aryl methyl sites for hydroxylation is 1. The predicted octanol–water partition coefficient (Wildman–Crippen LogP) is 3.54. The Hall–Kier alpha value is -3.59. The molecule has 1 aliphatic heterocycles. The number of aromatic nitrogens is 2. The molecular weight excluding hydrogens is 416 g/mol. The van der Waals surface area contributed by atoms with Gasteiger partial charge in [-0.25, -0.2) is 0 Å². The van der Waals surface area contributed by atoms with Gasteiger partial charge in [0.05, 0.1) is 0 Å². The molecule has 1 aliphatic rings. The van der Waals surface area contributed by atoms with Crippen molar-refractivity contribution < 1.29 is 19.1 Å². The third-order valence-corrected chi connectivity index (χ3v) is 5.86. The Kier molecular flexibility index (Phi) is 5.77. The highest BCUT2D eigenvalue weighted by atomic mass is 32.1. The van der Waals surface area contributed by atoms with Gasteiger partial charge in [-0.2, -0.15) is 0 Å². The second-order valence-electron chi connectivity index (χ2n) is 7.26. The Morgan fingerprint density at radius 3 is 2.48 bits per heavy atom. The number of esters is 1. The fourth-order valence-electron chi connectivity index (χ4n) is 3.31. The van der Waals surface area contributed by atoms with Gasteiger partial charge in [0.2, 0.25) is 11.0 Å². The number of carbonyl (C=O) groups is 3. The van der Waals surface area contributed by atoms with Gasteiger partial charge in [0, 0.05) is 37.1 Å². The molecule has 8 nitrogen and oxygen atoms in total. The standard InChI is InChI=1S/C22H20N4O4S/c1-13-3-7-17(8-4-13)26-12-16(11-19(26)28)21-24-25-22(31-21)23-20(29)15-5-9-18(10-6-15)30-14(2)27/h3-10,16H,11-12H2,1-2H3,(H,23,25,29)/t16-/m0/s1. The molecule has 0 bridgehead atoms. The minimum Gasteiger partial charge on any atom is -0.427 e. The lowest BCUT2D eigenvalue weighted by molar-refractivity contribution is -0.131. The average molecular weight is 436 g/mol. The van der Waals surface area contributed by atoms with Gasteiger partial charge in [-0.3, -0.25) is 19.7 Å². The van der Waals surface area contributed by atoms with Crippen LogP contribution in [0.5, 0.6) is 5.75 Å². The van der Waals surface area contributed by atoms with Crippen LogP contribution in [0.25, 0.3) is 0 Å². The highest BCUT2D eigenvalue weighted by Gasteiger charge is 2.34. The van der Waals surface area contributed by atoms with E-state index in [0.29, 0.717) is 34.4 Å². The number of hydrogen-bond donors (Lipinski definition) is 1. The van der Waals surface area contributed by atoms with E-state index >= 15 is 0 Å². The Morgan fingerprint density at radius 2 is 1.81 bits per heavy atom. The molecule has 0 saturated carbocycles. The second-order valence-corrected chi connectivity index (χ2v) is 8.27. The molecule has 0 unspecified atom stereocenters. The van der Waals surface area contributed by atoms with Crippen LogP contribution in [0.15, 0.2) is 48.5 Å². The summed E-state index contributed by atoms with van der Waals surface area (Å²) in [5.41, 5.74) is 2.40. The van der Waals surface area contributed by atoms with Gasteiger partial charge in [0.25, 0.3) is 5.91 Å². The maximum atomic E-state index is 12.5. The molecule has 0 spiro atoms. The van der Waals surface area contributed by atoms with E-state index in [-0.39, 0.29) is 17.7 Å². The zero-order valence-electron chi connectivity index (χ0n) is 17.0. The summed E-state index contributed by atoms with van der Waals surface area (Å²) in [6.45, 7) is 3.84. The number of carbonyl (C=O) groups excluding carboxylic acids is 3. The zero-order valence-corrected chi connectivity index (χ0v) is 17.8. The van der Waals surface area contributed by atoms with Crippen molar-refractivity contribution in [2.45, 2.75) is 26.2 Å². The van der Waals surface area contributed by atoms with Gasteiger partial charge < -0.3 is 9.64 Å². The van der Waals surface area contributed by atoms with Crippen LogP contribution >= 0.6 is 11.3 Å². The third-order valence-electron chi connectivity index (χ3n) is 4.86. The fraction of sp³-hybridized carbons (Fsp3) is 0.227. The van der Waals surface area contributed by atoms with Gasteiger partial charge in [0.1, 0.15) is 10.8 Å². The average Bonchev–Trinajstić information content (AvgIpc) is 3.35. The largest absolute Gasteiger partial charge is 0.427 e. The minimum atomic E-state index is -0.426. The highest BCUT2D eigenvalue weighted by molar-refractivity contribution is 7.15. The number of nitrogens with one attached hydrogen (secondary N) is 1. The molecule has 2 amide bonds. The summed E-state index contributed by atoms with van der Waals surface area (Å²) in [5, 5.41) is 12.0. The van der Waals surface area contributed by atoms with E-state index in [0.717, 1.165) is 11.3 Å². The van der Waals surface area contributed by atoms with Crippen LogP contribution in [0.3, 0.4) is 0 Å². The normalized spacial score (nSPS) is 15.7. The van der Waals surface area contributed by atoms with Crippen molar-refractivity contribution in [3.8, 4) is 5.75 Å². The molecule has 9 heteroatoms. The van der Waals surface area contributed by atoms with E-state index in [1.807, 2.05) is 31.2 Å².